The second-order valence-corrected chi connectivity index (χ2v) is 10.8. The summed E-state index contributed by atoms with van der Waals surface area (Å²) in [5.74, 6) is 6.51. The van der Waals surface area contributed by atoms with Crippen molar-refractivity contribution in [1.82, 2.24) is 15.0 Å². The van der Waals surface area contributed by atoms with E-state index in [1.165, 1.54) is 12.1 Å². The van der Waals surface area contributed by atoms with E-state index in [4.69, 9.17) is 5.14 Å². The van der Waals surface area contributed by atoms with Gasteiger partial charge in [-0.2, -0.15) is 18.2 Å². The molecule has 1 unspecified atom stereocenters. The predicted octanol–water partition coefficient (Wildman–Crippen LogP) is 4.11. The maximum atomic E-state index is 13.7. The average molecular weight is 517 g/mol. The summed E-state index contributed by atoms with van der Waals surface area (Å²) in [5, 5.41) is 10.8. The molecule has 3 aromatic rings. The molecule has 0 saturated heterocycles. The zero-order valence-electron chi connectivity index (χ0n) is 19.2. The van der Waals surface area contributed by atoms with E-state index in [1.807, 2.05) is 0 Å². The summed E-state index contributed by atoms with van der Waals surface area (Å²) in [6.45, 7) is 1.79. The van der Waals surface area contributed by atoms with Gasteiger partial charge < -0.3 is 10.6 Å². The monoisotopic (exact) mass is 516 g/mol. The second-order valence-electron chi connectivity index (χ2n) is 9.19. The molecule has 2 aliphatic carbocycles. The summed E-state index contributed by atoms with van der Waals surface area (Å²) in [6.07, 6.45) is -2.47. The fourth-order valence-electron chi connectivity index (χ4n) is 3.69. The molecule has 2 aromatic heterocycles. The number of rotatable bonds is 6. The number of hydrogen-bond acceptors (Lipinski definition) is 7. The fourth-order valence-corrected chi connectivity index (χ4v) is 4.21. The maximum Gasteiger partial charge on any atom is 0.411 e. The van der Waals surface area contributed by atoms with Crippen LogP contribution in [0.2, 0.25) is 0 Å². The molecule has 12 heteroatoms. The van der Waals surface area contributed by atoms with Crippen molar-refractivity contribution in [2.24, 2.45) is 11.1 Å². The van der Waals surface area contributed by atoms with E-state index in [2.05, 4.69) is 37.4 Å². The number of benzene rings is 1. The van der Waals surface area contributed by atoms with Crippen LogP contribution in [0.1, 0.15) is 49.9 Å². The molecule has 4 N–H and O–H groups in total. The third-order valence-corrected chi connectivity index (χ3v) is 7.16. The van der Waals surface area contributed by atoms with Crippen molar-refractivity contribution in [2.75, 3.05) is 10.6 Å². The Kier molecular flexibility index (Phi) is 5.80. The maximum absolute atomic E-state index is 13.7. The van der Waals surface area contributed by atoms with Crippen LogP contribution in [0.4, 0.5) is 24.9 Å². The van der Waals surface area contributed by atoms with E-state index < -0.39 is 21.7 Å². The number of nitrogens with zero attached hydrogens (tertiary/aromatic N) is 3. The largest absolute Gasteiger partial charge is 0.411 e. The molecule has 188 valence electrons. The Morgan fingerprint density at radius 2 is 1.78 bits per heavy atom. The Balaban J connectivity index is 1.48. The van der Waals surface area contributed by atoms with Crippen molar-refractivity contribution >= 4 is 32.8 Å². The van der Waals surface area contributed by atoms with Gasteiger partial charge in [0, 0.05) is 5.92 Å². The molecule has 8 nitrogen and oxygen atoms in total. The number of primary sulfonamides is 1. The van der Waals surface area contributed by atoms with Gasteiger partial charge in [0.25, 0.3) is 0 Å². The Hall–Kier alpha value is -3.43. The number of fused-ring (bicyclic) bond motifs is 1. The molecule has 0 amide bonds. The molecule has 1 aromatic carbocycles. The van der Waals surface area contributed by atoms with Crippen LogP contribution in [0.25, 0.3) is 11.0 Å². The van der Waals surface area contributed by atoms with E-state index >= 15 is 0 Å². The number of pyridine rings is 1. The van der Waals surface area contributed by atoms with E-state index in [9.17, 15) is 21.6 Å². The van der Waals surface area contributed by atoms with Gasteiger partial charge in [-0.1, -0.05) is 18.1 Å². The van der Waals surface area contributed by atoms with Gasteiger partial charge in [0.2, 0.25) is 16.0 Å². The van der Waals surface area contributed by atoms with Gasteiger partial charge in [0.15, 0.2) is 5.82 Å². The molecule has 2 saturated carbocycles. The first-order valence-corrected chi connectivity index (χ1v) is 12.9. The molecule has 0 aliphatic heterocycles. The van der Waals surface area contributed by atoms with Gasteiger partial charge in [-0.15, -0.1) is 0 Å². The Morgan fingerprint density at radius 3 is 2.36 bits per heavy atom. The molecule has 2 aliphatic rings. The minimum absolute atomic E-state index is 0.0239. The van der Waals surface area contributed by atoms with E-state index in [0.717, 1.165) is 12.8 Å². The zero-order valence-corrected chi connectivity index (χ0v) is 20.0. The summed E-state index contributed by atoms with van der Waals surface area (Å²) in [5.41, 5.74) is -0.316. The summed E-state index contributed by atoms with van der Waals surface area (Å²) >= 11 is 0. The number of sulfonamides is 1. The normalized spacial score (nSPS) is 17.7. The Labute approximate surface area is 206 Å². The molecule has 2 heterocycles. The van der Waals surface area contributed by atoms with Crippen LogP contribution in [0.3, 0.4) is 0 Å². The number of anilines is 2. The number of alkyl halides is 3. The van der Waals surface area contributed by atoms with Crippen LogP contribution >= 0.6 is 0 Å². The predicted molar refractivity (Wildman–Crippen MR) is 128 cm³/mol. The summed E-state index contributed by atoms with van der Waals surface area (Å²) in [6, 6.07) is 8.90. The van der Waals surface area contributed by atoms with Gasteiger partial charge in [0.05, 0.1) is 16.5 Å². The molecule has 1 atom stereocenters. The lowest BCUT2D eigenvalue weighted by molar-refractivity contribution is -0.151. The molecule has 0 bridgehead atoms. The number of aromatic nitrogens is 3. The van der Waals surface area contributed by atoms with Crippen molar-refractivity contribution in [3.8, 4) is 11.8 Å². The average Bonchev–Trinajstić information content (AvgIpc) is 3.73. The highest BCUT2D eigenvalue weighted by atomic mass is 32.2. The van der Waals surface area contributed by atoms with Gasteiger partial charge in [0.1, 0.15) is 16.7 Å². The first kappa shape index (κ1) is 24.3. The highest BCUT2D eigenvalue weighted by molar-refractivity contribution is 7.89. The molecule has 0 radical (unpaired) electrons. The van der Waals surface area contributed by atoms with E-state index in [1.54, 1.807) is 31.2 Å². The van der Waals surface area contributed by atoms with Crippen LogP contribution in [0.15, 0.2) is 41.3 Å². The lowest BCUT2D eigenvalue weighted by Gasteiger charge is -2.22. The van der Waals surface area contributed by atoms with E-state index in [0.29, 0.717) is 22.7 Å². The SMILES string of the molecule is CC(Nc1nc(NC2(C(F)(F)F)CC2)c2nc(C#CC3CC3)ccc2n1)c1ccc(S(N)(=O)=O)cc1. The zero-order chi connectivity index (χ0) is 25.7. The molecule has 5 rings (SSSR count). The smallest absolute Gasteiger partial charge is 0.354 e. The van der Waals surface area contributed by atoms with Crippen LogP contribution in [-0.2, 0) is 10.0 Å². The number of hydrogen-bond donors (Lipinski definition) is 3. The van der Waals surface area contributed by atoms with Crippen molar-refractivity contribution in [2.45, 2.75) is 55.3 Å². The first-order chi connectivity index (χ1) is 16.9. The molecule has 2 fully saturated rings. The van der Waals surface area contributed by atoms with Gasteiger partial charge in [-0.25, -0.2) is 23.5 Å². The number of nitrogens with two attached hydrogens (primary N) is 1. The van der Waals surface area contributed by atoms with Crippen LogP contribution in [0.5, 0.6) is 0 Å². The number of halogens is 3. The number of nitrogens with one attached hydrogen (secondary N) is 2. The minimum atomic E-state index is -4.44. The molecule has 0 spiro atoms. The molecular formula is C24H23F3N6O2S. The second kappa shape index (κ2) is 8.60. The van der Waals surface area contributed by atoms with Gasteiger partial charge >= 0.3 is 6.18 Å². The Morgan fingerprint density at radius 1 is 1.08 bits per heavy atom. The van der Waals surface area contributed by atoms with Crippen LogP contribution < -0.4 is 15.8 Å². The highest BCUT2D eigenvalue weighted by Gasteiger charge is 2.64. The summed E-state index contributed by atoms with van der Waals surface area (Å²) in [7, 11) is -3.83. The van der Waals surface area contributed by atoms with Crippen molar-refractivity contribution < 1.29 is 21.6 Å². The topological polar surface area (TPSA) is 123 Å². The van der Waals surface area contributed by atoms with Crippen molar-refractivity contribution in [1.29, 1.82) is 0 Å². The first-order valence-electron chi connectivity index (χ1n) is 11.4. The van der Waals surface area contributed by atoms with Crippen molar-refractivity contribution in [3.05, 3.63) is 47.7 Å². The molecular weight excluding hydrogens is 493 g/mol. The molecule has 36 heavy (non-hydrogen) atoms. The standard InChI is InChI=1S/C24H23F3N6O2S/c1-14(16-5-9-18(10-6-16)36(28,34)35)29-22-31-19-11-8-17(7-4-15-2-3-15)30-20(19)21(32-22)33-23(12-13-23)24(25,26)27/h5-6,8-11,14-15H,2-3,12-13H2,1H3,(H2,28,34,35)(H2,29,31,32,33). The van der Waals surface area contributed by atoms with Gasteiger partial charge in [-0.3, -0.25) is 0 Å². The van der Waals surface area contributed by atoms with Crippen LogP contribution in [0, 0.1) is 17.8 Å². The quantitative estimate of drug-likeness (QED) is 0.421. The fraction of sp³-hybridized carbons (Fsp3) is 0.375. The van der Waals surface area contributed by atoms with Gasteiger partial charge in [-0.05, 0) is 68.4 Å². The summed E-state index contributed by atoms with van der Waals surface area (Å²) < 4.78 is 64.1. The minimum Gasteiger partial charge on any atom is -0.354 e. The summed E-state index contributed by atoms with van der Waals surface area (Å²) in [4.78, 5) is 13.2. The third kappa shape index (κ3) is 5.08. The third-order valence-electron chi connectivity index (χ3n) is 6.23. The van der Waals surface area contributed by atoms with Crippen molar-refractivity contribution in [3.63, 3.8) is 0 Å². The Bertz CT molecular complexity index is 1490. The lowest BCUT2D eigenvalue weighted by Crippen LogP contribution is -2.39. The van der Waals surface area contributed by atoms with E-state index in [-0.39, 0.29) is 41.1 Å². The lowest BCUT2D eigenvalue weighted by atomic mass is 10.1. The highest BCUT2D eigenvalue weighted by Crippen LogP contribution is 2.51. The van der Waals surface area contributed by atoms with Crippen LogP contribution in [-0.4, -0.2) is 35.1 Å².